The SMILES string of the molecule is C=CC[Si](C)(CC=C)c1ccc(-c2c3nc(c(-c4ccc([Si](C)(CC=C)CC=C)cc4)c4ccc([nH]4)c(-c4ccc([Si](C)(CC=C)CC=C)cc4)c4nc(c(-c5ccc([Si](C)(CC=C)CC=C)cc5)c5ccc2[nH]5)C=C4)C=C3)cc1. The van der Waals surface area contributed by atoms with E-state index in [9.17, 15) is 0 Å². The molecule has 4 nitrogen and oxygen atoms in total. The van der Waals surface area contributed by atoms with Crippen molar-refractivity contribution >= 4 is 99.4 Å². The van der Waals surface area contributed by atoms with Gasteiger partial charge in [0.25, 0.3) is 0 Å². The third kappa shape index (κ3) is 11.4. The minimum atomic E-state index is -1.90. The summed E-state index contributed by atoms with van der Waals surface area (Å²) in [5, 5.41) is 5.52. The maximum Gasteiger partial charge on any atom is 0.0910 e. The van der Waals surface area contributed by atoms with Gasteiger partial charge in [-0.15, -0.1) is 52.6 Å². The first-order valence-electron chi connectivity index (χ1n) is 28.2. The van der Waals surface area contributed by atoms with E-state index in [1.165, 1.54) is 20.7 Å². The van der Waals surface area contributed by atoms with E-state index in [1.54, 1.807) is 0 Å². The molecule has 80 heavy (non-hydrogen) atoms. The van der Waals surface area contributed by atoms with Crippen molar-refractivity contribution in [1.29, 1.82) is 0 Å². The second-order valence-electron chi connectivity index (χ2n) is 23.0. The van der Waals surface area contributed by atoms with Gasteiger partial charge in [0, 0.05) is 44.3 Å². The Morgan fingerprint density at radius 1 is 0.287 bits per heavy atom. The number of hydrogen-bond acceptors (Lipinski definition) is 2. The fourth-order valence-electron chi connectivity index (χ4n) is 12.4. The zero-order valence-electron chi connectivity index (χ0n) is 47.7. The second-order valence-corrected chi connectivity index (χ2v) is 41.1. The number of nitrogens with zero attached hydrogens (tertiary/aromatic N) is 2. The van der Waals surface area contributed by atoms with Gasteiger partial charge in [-0.05, 0) is 119 Å². The van der Waals surface area contributed by atoms with E-state index < -0.39 is 32.3 Å². The third-order valence-electron chi connectivity index (χ3n) is 17.0. The van der Waals surface area contributed by atoms with Gasteiger partial charge in [-0.1, -0.05) is 193 Å². The van der Waals surface area contributed by atoms with E-state index in [0.717, 1.165) is 138 Å². The number of hydrogen-bond donors (Lipinski definition) is 2. The van der Waals surface area contributed by atoms with Gasteiger partial charge in [-0.3, -0.25) is 0 Å². The first kappa shape index (κ1) is 57.0. The fraction of sp³-hybridized carbons (Fsp3) is 0.167. The molecule has 0 saturated heterocycles. The van der Waals surface area contributed by atoms with Gasteiger partial charge in [0.2, 0.25) is 0 Å². The van der Waals surface area contributed by atoms with Gasteiger partial charge in [-0.2, -0.15) is 0 Å². The first-order chi connectivity index (χ1) is 38.7. The molecule has 2 aliphatic rings. The summed E-state index contributed by atoms with van der Waals surface area (Å²) < 4.78 is 0. The van der Waals surface area contributed by atoms with E-state index in [4.69, 9.17) is 9.97 Å². The number of fused-ring (bicyclic) bond motifs is 8. The van der Waals surface area contributed by atoms with Crippen LogP contribution in [-0.4, -0.2) is 52.2 Å². The maximum absolute atomic E-state index is 5.68. The quantitative estimate of drug-likeness (QED) is 0.0468. The van der Waals surface area contributed by atoms with E-state index in [0.29, 0.717) is 0 Å². The molecule has 402 valence electrons. The smallest absolute Gasteiger partial charge is 0.0910 e. The highest BCUT2D eigenvalue weighted by atomic mass is 28.3. The highest BCUT2D eigenvalue weighted by molar-refractivity contribution is 6.93. The van der Waals surface area contributed by atoms with Crippen molar-refractivity contribution in [3.8, 4) is 44.5 Å². The van der Waals surface area contributed by atoms with Crippen LogP contribution >= 0.6 is 0 Å². The van der Waals surface area contributed by atoms with Crippen LogP contribution in [0.2, 0.25) is 74.5 Å². The number of aromatic nitrogens is 4. The molecule has 0 amide bonds. The number of benzene rings is 4. The third-order valence-corrected chi connectivity index (χ3v) is 33.4. The summed E-state index contributed by atoms with van der Waals surface area (Å²) in [6.45, 7) is 43.0. The van der Waals surface area contributed by atoms with Gasteiger partial charge in [0.1, 0.15) is 0 Å². The lowest BCUT2D eigenvalue weighted by molar-refractivity contribution is 1.31. The van der Waals surface area contributed by atoms with Crippen LogP contribution in [-0.2, 0) is 0 Å². The summed E-state index contributed by atoms with van der Waals surface area (Å²) in [4.78, 5) is 19.4. The molecule has 0 radical (unpaired) electrons. The van der Waals surface area contributed by atoms with Crippen molar-refractivity contribution in [2.75, 3.05) is 0 Å². The molecule has 2 N–H and O–H groups in total. The van der Waals surface area contributed by atoms with E-state index >= 15 is 0 Å². The number of H-pyrrole nitrogens is 2. The Balaban J connectivity index is 1.38. The van der Waals surface area contributed by atoms with E-state index in [1.807, 2.05) is 0 Å². The molecule has 5 heterocycles. The molecule has 8 heteroatoms. The minimum Gasteiger partial charge on any atom is -0.354 e. The highest BCUT2D eigenvalue weighted by Crippen LogP contribution is 2.39. The van der Waals surface area contributed by atoms with E-state index in [2.05, 4.69) is 283 Å². The van der Waals surface area contributed by atoms with Crippen molar-refractivity contribution in [3.05, 3.63) is 245 Å². The first-order valence-corrected chi connectivity index (χ1v) is 39.8. The number of nitrogens with one attached hydrogen (secondary N) is 2. The molecular weight excluding hydrogens is 1030 g/mol. The normalized spacial score (nSPS) is 12.4. The predicted octanol–water partition coefficient (Wildman–Crippen LogP) is 18.0. The number of aromatic amines is 2. The minimum absolute atomic E-state index is 0.882. The van der Waals surface area contributed by atoms with Crippen LogP contribution in [0, 0.1) is 0 Å². The Morgan fingerprint density at radius 3 is 0.625 bits per heavy atom. The Morgan fingerprint density at radius 2 is 0.463 bits per heavy atom. The van der Waals surface area contributed by atoms with Crippen molar-refractivity contribution < 1.29 is 0 Å². The fourth-order valence-corrected chi connectivity index (χ4v) is 23.9. The summed E-state index contributed by atoms with van der Waals surface area (Å²) in [5.41, 5.74) is 15.8. The largest absolute Gasteiger partial charge is 0.354 e. The Hall–Kier alpha value is -7.73. The molecule has 9 rings (SSSR count). The van der Waals surface area contributed by atoms with Crippen molar-refractivity contribution in [3.63, 3.8) is 0 Å². The van der Waals surface area contributed by atoms with E-state index in [-0.39, 0.29) is 0 Å². The Kier molecular flexibility index (Phi) is 17.3. The number of allylic oxidation sites excluding steroid dienone is 8. The van der Waals surface area contributed by atoms with Crippen molar-refractivity contribution in [2.24, 2.45) is 0 Å². The number of rotatable bonds is 24. The van der Waals surface area contributed by atoms with Crippen LogP contribution in [0.15, 0.2) is 223 Å². The molecule has 2 aliphatic heterocycles. The lowest BCUT2D eigenvalue weighted by atomic mass is 10.0. The summed E-state index contributed by atoms with van der Waals surface area (Å²) in [6, 6.07) is 53.7. The molecule has 8 bridgehead atoms. The summed E-state index contributed by atoms with van der Waals surface area (Å²) >= 11 is 0. The zero-order chi connectivity index (χ0) is 56.7. The molecule has 0 unspecified atom stereocenters. The summed E-state index contributed by atoms with van der Waals surface area (Å²) in [6.07, 6.45) is 25.4. The lowest BCUT2D eigenvalue weighted by Gasteiger charge is -2.25. The van der Waals surface area contributed by atoms with Gasteiger partial charge < -0.3 is 9.97 Å². The van der Waals surface area contributed by atoms with Crippen LogP contribution in [0.25, 0.3) is 90.9 Å². The zero-order valence-corrected chi connectivity index (χ0v) is 51.7. The molecule has 0 atom stereocenters. The molecule has 4 aromatic carbocycles. The molecule has 7 aromatic rings. The van der Waals surface area contributed by atoms with Crippen molar-refractivity contribution in [1.82, 2.24) is 19.9 Å². The van der Waals surface area contributed by atoms with Crippen LogP contribution in [0.4, 0.5) is 0 Å². The summed E-state index contributed by atoms with van der Waals surface area (Å²) in [7, 11) is -7.61. The van der Waals surface area contributed by atoms with Gasteiger partial charge >= 0.3 is 0 Å². The molecule has 0 saturated carbocycles. The molecule has 3 aromatic heterocycles. The maximum atomic E-state index is 5.68. The van der Waals surface area contributed by atoms with Gasteiger partial charge in [0.05, 0.1) is 55.1 Å². The van der Waals surface area contributed by atoms with Gasteiger partial charge in [-0.25, -0.2) is 9.97 Å². The Bertz CT molecular complexity index is 3230. The second kappa shape index (κ2) is 24.3. The van der Waals surface area contributed by atoms with Crippen LogP contribution in [0.5, 0.6) is 0 Å². The van der Waals surface area contributed by atoms with Crippen molar-refractivity contribution in [2.45, 2.75) is 74.5 Å². The molecule has 0 fully saturated rings. The molecular formula is C72H78N4Si4. The standard InChI is InChI=1S/C72H78N4Si4/c1-13-45-77(9,46-14-2)57-29-21-53(22-30-57)69-61-37-39-63(73-61)70(54-23-31-58(32-24-54)78(10,47-15-3)48-16-4)65-41-43-67(75-65)72(56-27-35-60(36-28-56)80(12,51-19-7)52-20-8)68-44-42-66(76-68)71(64-40-38-62(69)74-64)55-25-33-59(34-26-55)79(11,49-17-5)50-18-6/h13-44,73,76H,1-8,45-52H2,9-12H3. The molecule has 0 aliphatic carbocycles. The van der Waals surface area contributed by atoms with Crippen LogP contribution in [0.1, 0.15) is 22.8 Å². The summed E-state index contributed by atoms with van der Waals surface area (Å²) in [5.74, 6) is 0. The van der Waals surface area contributed by atoms with Crippen LogP contribution in [0.3, 0.4) is 0 Å². The lowest BCUT2D eigenvalue weighted by Crippen LogP contribution is -2.43. The molecule has 0 spiro atoms. The Labute approximate surface area is 480 Å². The van der Waals surface area contributed by atoms with Crippen LogP contribution < -0.4 is 20.7 Å². The average Bonchev–Trinajstić information content (AvgIpc) is 4.42. The predicted molar refractivity (Wildman–Crippen MR) is 366 cm³/mol. The average molecular weight is 1110 g/mol. The monoisotopic (exact) mass is 1110 g/mol. The van der Waals surface area contributed by atoms with Gasteiger partial charge in [0.15, 0.2) is 0 Å². The highest BCUT2D eigenvalue weighted by Gasteiger charge is 2.31. The topological polar surface area (TPSA) is 57.4 Å².